The number of aromatic amines is 1. The number of methoxy groups -OCH3 is 1. The summed E-state index contributed by atoms with van der Waals surface area (Å²) in [5, 5.41) is 12.2. The molecule has 6 heteroatoms. The van der Waals surface area contributed by atoms with Crippen LogP contribution in [-0.2, 0) is 6.42 Å². The summed E-state index contributed by atoms with van der Waals surface area (Å²) < 4.78 is 5.38. The minimum atomic E-state index is 0.823. The maximum absolute atomic E-state index is 5.38. The van der Waals surface area contributed by atoms with Gasteiger partial charge in [0.2, 0.25) is 0 Å². The number of fused-ring (bicyclic) bond motifs is 1. The monoisotopic (exact) mass is 283 g/mol. The number of hydrogen-bond donors (Lipinski definition) is 2. The van der Waals surface area contributed by atoms with E-state index >= 15 is 0 Å². The molecule has 21 heavy (non-hydrogen) atoms. The normalized spacial score (nSPS) is 10.7. The molecule has 2 aromatic heterocycles. The van der Waals surface area contributed by atoms with E-state index in [-0.39, 0.29) is 0 Å². The Labute approximate surface area is 122 Å². The zero-order valence-electron chi connectivity index (χ0n) is 11.8. The van der Waals surface area contributed by atoms with Crippen LogP contribution in [0.5, 0.6) is 5.75 Å². The summed E-state index contributed by atoms with van der Waals surface area (Å²) in [6, 6.07) is 7.94. The molecule has 0 amide bonds. The molecule has 3 aromatic rings. The lowest BCUT2D eigenvalue weighted by atomic mass is 10.1. The van der Waals surface area contributed by atoms with Gasteiger partial charge in [0.15, 0.2) is 0 Å². The number of ether oxygens (including phenoxy) is 1. The van der Waals surface area contributed by atoms with Crippen molar-refractivity contribution in [2.75, 3.05) is 19.0 Å². The predicted octanol–water partition coefficient (Wildman–Crippen LogP) is 2.41. The smallest absolute Gasteiger partial charge is 0.137 e. The summed E-state index contributed by atoms with van der Waals surface area (Å²) >= 11 is 0. The fraction of sp³-hybridized carbons (Fsp3) is 0.267. The van der Waals surface area contributed by atoms with Gasteiger partial charge in [-0.15, -0.1) is 0 Å². The molecule has 0 saturated carbocycles. The van der Waals surface area contributed by atoms with Crippen molar-refractivity contribution in [3.63, 3.8) is 0 Å². The van der Waals surface area contributed by atoms with Crippen LogP contribution in [0, 0.1) is 0 Å². The second-order valence-corrected chi connectivity index (χ2v) is 4.68. The summed E-state index contributed by atoms with van der Waals surface area (Å²) in [6.07, 6.45) is 5.14. The summed E-state index contributed by atoms with van der Waals surface area (Å²) in [7, 11) is 1.68. The van der Waals surface area contributed by atoms with E-state index < -0.39 is 0 Å². The lowest BCUT2D eigenvalue weighted by molar-refractivity contribution is 0.420. The van der Waals surface area contributed by atoms with Crippen LogP contribution in [-0.4, -0.2) is 33.8 Å². The highest BCUT2D eigenvalue weighted by Crippen LogP contribution is 2.28. The van der Waals surface area contributed by atoms with Crippen LogP contribution in [0.1, 0.15) is 12.2 Å². The Kier molecular flexibility index (Phi) is 3.95. The van der Waals surface area contributed by atoms with Crippen molar-refractivity contribution in [3.05, 3.63) is 42.6 Å². The molecule has 0 saturated heterocycles. The Hall–Kier alpha value is -2.63. The van der Waals surface area contributed by atoms with Gasteiger partial charge in [0.1, 0.15) is 23.7 Å². The average Bonchev–Trinajstić information content (AvgIpc) is 3.04. The third kappa shape index (κ3) is 2.94. The lowest BCUT2D eigenvalue weighted by Crippen LogP contribution is -2.05. The molecule has 0 bridgehead atoms. The number of rotatable bonds is 6. The molecule has 0 spiro atoms. The van der Waals surface area contributed by atoms with Gasteiger partial charge in [-0.1, -0.05) is 12.1 Å². The van der Waals surface area contributed by atoms with E-state index in [1.165, 1.54) is 6.33 Å². The van der Waals surface area contributed by atoms with Crippen molar-refractivity contribution in [3.8, 4) is 5.75 Å². The molecule has 0 aliphatic carbocycles. The van der Waals surface area contributed by atoms with Gasteiger partial charge in [-0.25, -0.2) is 9.97 Å². The van der Waals surface area contributed by atoms with Gasteiger partial charge in [0.25, 0.3) is 0 Å². The van der Waals surface area contributed by atoms with Crippen LogP contribution in [0.25, 0.3) is 10.8 Å². The van der Waals surface area contributed by atoms with Gasteiger partial charge < -0.3 is 10.1 Å². The van der Waals surface area contributed by atoms with E-state index in [4.69, 9.17) is 4.74 Å². The summed E-state index contributed by atoms with van der Waals surface area (Å²) in [5.41, 5.74) is 0. The van der Waals surface area contributed by atoms with Gasteiger partial charge in [-0.2, -0.15) is 5.10 Å². The van der Waals surface area contributed by atoms with E-state index in [1.807, 2.05) is 24.3 Å². The Balaban J connectivity index is 1.69. The molecular weight excluding hydrogens is 266 g/mol. The van der Waals surface area contributed by atoms with E-state index in [0.717, 1.165) is 47.6 Å². The molecule has 0 unspecified atom stereocenters. The third-order valence-corrected chi connectivity index (χ3v) is 3.33. The fourth-order valence-electron chi connectivity index (χ4n) is 2.31. The third-order valence-electron chi connectivity index (χ3n) is 3.33. The Morgan fingerprint density at radius 1 is 1.19 bits per heavy atom. The zero-order valence-corrected chi connectivity index (χ0v) is 11.8. The summed E-state index contributed by atoms with van der Waals surface area (Å²) in [5.74, 6) is 2.65. The first-order valence-electron chi connectivity index (χ1n) is 6.88. The van der Waals surface area contributed by atoms with Gasteiger partial charge in [-0.3, -0.25) is 5.10 Å². The molecule has 0 aliphatic rings. The molecule has 1 aromatic carbocycles. The molecular formula is C15H17N5O. The van der Waals surface area contributed by atoms with E-state index in [0.29, 0.717) is 0 Å². The summed E-state index contributed by atoms with van der Waals surface area (Å²) in [6.45, 7) is 0.823. The van der Waals surface area contributed by atoms with Gasteiger partial charge in [-0.05, 0) is 18.6 Å². The van der Waals surface area contributed by atoms with Gasteiger partial charge in [0, 0.05) is 29.9 Å². The van der Waals surface area contributed by atoms with Crippen LogP contribution in [0.2, 0.25) is 0 Å². The number of hydrogen-bond acceptors (Lipinski definition) is 5. The molecule has 108 valence electrons. The van der Waals surface area contributed by atoms with Crippen molar-refractivity contribution in [2.24, 2.45) is 0 Å². The number of aromatic nitrogens is 4. The minimum absolute atomic E-state index is 0.823. The lowest BCUT2D eigenvalue weighted by Gasteiger charge is -2.10. The first-order chi connectivity index (χ1) is 10.4. The highest BCUT2D eigenvalue weighted by molar-refractivity contribution is 5.95. The molecule has 0 radical (unpaired) electrons. The second kappa shape index (κ2) is 6.21. The zero-order chi connectivity index (χ0) is 14.5. The van der Waals surface area contributed by atoms with E-state index in [1.54, 1.807) is 13.3 Å². The van der Waals surface area contributed by atoms with Crippen LogP contribution >= 0.6 is 0 Å². The molecule has 2 N–H and O–H groups in total. The van der Waals surface area contributed by atoms with Crippen molar-refractivity contribution >= 4 is 16.6 Å². The molecule has 0 atom stereocenters. The average molecular weight is 283 g/mol. The number of aryl methyl sites for hydroxylation is 1. The van der Waals surface area contributed by atoms with E-state index in [9.17, 15) is 0 Å². The Bertz CT molecular complexity index is 711. The largest absolute Gasteiger partial charge is 0.496 e. The number of nitrogens with one attached hydrogen (secondary N) is 2. The predicted molar refractivity (Wildman–Crippen MR) is 81.5 cm³/mol. The second-order valence-electron chi connectivity index (χ2n) is 4.68. The maximum atomic E-state index is 5.38. The molecule has 0 aliphatic heterocycles. The molecule has 3 rings (SSSR count). The van der Waals surface area contributed by atoms with Gasteiger partial charge in [0.05, 0.1) is 7.11 Å². The molecule has 0 fully saturated rings. The van der Waals surface area contributed by atoms with Crippen LogP contribution in [0.4, 0.5) is 5.82 Å². The van der Waals surface area contributed by atoms with Crippen molar-refractivity contribution in [1.82, 2.24) is 20.2 Å². The Morgan fingerprint density at radius 2 is 2.14 bits per heavy atom. The number of nitrogens with zero attached hydrogens (tertiary/aromatic N) is 3. The van der Waals surface area contributed by atoms with Crippen molar-refractivity contribution in [1.29, 1.82) is 0 Å². The molecule has 2 heterocycles. The van der Waals surface area contributed by atoms with E-state index in [2.05, 4.69) is 25.5 Å². The topological polar surface area (TPSA) is 75.7 Å². The Morgan fingerprint density at radius 3 is 2.95 bits per heavy atom. The number of anilines is 1. The first-order valence-corrected chi connectivity index (χ1v) is 6.88. The first kappa shape index (κ1) is 13.4. The minimum Gasteiger partial charge on any atom is -0.496 e. The number of benzene rings is 1. The summed E-state index contributed by atoms with van der Waals surface area (Å²) in [4.78, 5) is 8.52. The van der Waals surface area contributed by atoms with Crippen molar-refractivity contribution in [2.45, 2.75) is 12.8 Å². The maximum Gasteiger partial charge on any atom is 0.137 e. The van der Waals surface area contributed by atoms with Crippen molar-refractivity contribution < 1.29 is 4.74 Å². The van der Waals surface area contributed by atoms with Gasteiger partial charge >= 0.3 is 0 Å². The molecule has 6 nitrogen and oxygen atoms in total. The van der Waals surface area contributed by atoms with Crippen LogP contribution in [0.3, 0.4) is 0 Å². The fourth-order valence-corrected chi connectivity index (χ4v) is 2.31. The standard InChI is InChI=1S/C15H17N5O/c1-21-13-5-2-4-12-11(13)7-9-17-15(12)16-8-3-6-14-18-10-19-20-14/h2,4-5,7,9-10H,3,6,8H2,1H3,(H,16,17)(H,18,19,20). The van der Waals surface area contributed by atoms with Crippen LogP contribution in [0.15, 0.2) is 36.8 Å². The van der Waals surface area contributed by atoms with Crippen LogP contribution < -0.4 is 10.1 Å². The highest BCUT2D eigenvalue weighted by atomic mass is 16.5. The SMILES string of the molecule is COc1cccc2c(NCCCc3ncn[nH]3)nccc12. The quantitative estimate of drug-likeness (QED) is 0.679. The number of pyridine rings is 1. The highest BCUT2D eigenvalue weighted by Gasteiger charge is 2.06. The number of H-pyrrole nitrogens is 1.